The first-order chi connectivity index (χ1) is 31.3. The number of rotatable bonds is 8. The molecule has 0 N–H and O–H groups in total. The van der Waals surface area contributed by atoms with Crippen LogP contribution in [-0.2, 0) is 0 Å². The molecule has 3 heteroatoms. The Morgan fingerprint density at radius 2 is 0.746 bits per heavy atom. The number of hydrogen-bond donors (Lipinski definition) is 0. The summed E-state index contributed by atoms with van der Waals surface area (Å²) < 4.78 is 5.11. The van der Waals surface area contributed by atoms with Crippen molar-refractivity contribution in [3.63, 3.8) is 0 Å². The number of nitrogens with zero attached hydrogens (tertiary/aromatic N) is 2. The van der Waals surface area contributed by atoms with Gasteiger partial charge >= 0.3 is 0 Å². The van der Waals surface area contributed by atoms with Gasteiger partial charge in [0, 0.05) is 27.2 Å². The molecular weight excluding hydrogens is 777 g/mol. The molecule has 296 valence electrons. The van der Waals surface area contributed by atoms with E-state index in [1.54, 1.807) is 0 Å². The first-order valence-corrected chi connectivity index (χ1v) is 23.8. The van der Waals surface area contributed by atoms with Crippen molar-refractivity contribution in [3.8, 4) is 33.6 Å². The van der Waals surface area contributed by atoms with Crippen LogP contribution in [0.15, 0.2) is 255 Å². The summed E-state index contributed by atoms with van der Waals surface area (Å²) in [5, 5.41) is 10.3. The Morgan fingerprint density at radius 3 is 1.35 bits per heavy atom. The van der Waals surface area contributed by atoms with E-state index >= 15 is 0 Å². The molecule has 2 nitrogen and oxygen atoms in total. The van der Waals surface area contributed by atoms with E-state index in [1.807, 2.05) is 0 Å². The fourth-order valence-electron chi connectivity index (χ4n) is 10.4. The van der Waals surface area contributed by atoms with Crippen molar-refractivity contribution < 1.29 is 0 Å². The van der Waals surface area contributed by atoms with Crippen molar-refractivity contribution in [2.45, 2.75) is 0 Å². The van der Waals surface area contributed by atoms with E-state index in [0.29, 0.717) is 0 Å². The lowest BCUT2D eigenvalue weighted by molar-refractivity contribution is 1.17. The zero-order valence-electron chi connectivity index (χ0n) is 34.6. The highest BCUT2D eigenvalue weighted by molar-refractivity contribution is 7.20. The minimum absolute atomic E-state index is 1.13. The van der Waals surface area contributed by atoms with E-state index in [9.17, 15) is 0 Å². The lowest BCUT2D eigenvalue weighted by atomic mass is 10.0. The molecule has 0 aliphatic heterocycles. The van der Waals surface area contributed by atoms with Gasteiger partial charge in [0.25, 0.3) is 0 Å². The second kappa shape index (κ2) is 15.2. The van der Waals surface area contributed by atoms with Crippen molar-refractivity contribution in [2.75, 3.05) is 0 Å². The third-order valence-corrected chi connectivity index (χ3v) is 17.8. The smallest absolute Gasteiger partial charge is 0.181 e. The van der Waals surface area contributed by atoms with Crippen LogP contribution in [0.1, 0.15) is 0 Å². The molecule has 0 spiro atoms. The van der Waals surface area contributed by atoms with Gasteiger partial charge in [-0.25, -0.2) is 0 Å². The van der Waals surface area contributed by atoms with Gasteiger partial charge in [0.2, 0.25) is 0 Å². The van der Waals surface area contributed by atoms with E-state index in [-0.39, 0.29) is 0 Å². The van der Waals surface area contributed by atoms with Gasteiger partial charge in [0.15, 0.2) is 8.07 Å². The van der Waals surface area contributed by atoms with E-state index < -0.39 is 8.07 Å². The summed E-state index contributed by atoms with van der Waals surface area (Å²) in [7, 11) is -3.00. The van der Waals surface area contributed by atoms with Crippen LogP contribution in [0.4, 0.5) is 0 Å². The van der Waals surface area contributed by atoms with Crippen LogP contribution in [0, 0.1) is 0 Å². The van der Waals surface area contributed by atoms with Gasteiger partial charge in [-0.1, -0.05) is 218 Å². The number of para-hydroxylation sites is 3. The van der Waals surface area contributed by atoms with Crippen LogP contribution in [0.3, 0.4) is 0 Å². The van der Waals surface area contributed by atoms with E-state index in [2.05, 4.69) is 264 Å². The highest BCUT2D eigenvalue weighted by Gasteiger charge is 2.43. The van der Waals surface area contributed by atoms with Crippen LogP contribution in [-0.4, -0.2) is 17.2 Å². The normalized spacial score (nSPS) is 11.8. The van der Waals surface area contributed by atoms with Gasteiger partial charge in [-0.05, 0) is 79.4 Å². The molecular formula is C60H42N2Si. The van der Waals surface area contributed by atoms with Crippen molar-refractivity contribution in [1.29, 1.82) is 0 Å². The first-order valence-electron chi connectivity index (χ1n) is 21.8. The summed E-state index contributed by atoms with van der Waals surface area (Å²) >= 11 is 0. The van der Waals surface area contributed by atoms with Crippen molar-refractivity contribution in [1.82, 2.24) is 9.13 Å². The Balaban J connectivity index is 1.27. The predicted octanol–water partition coefficient (Wildman–Crippen LogP) is 12.6. The van der Waals surface area contributed by atoms with Gasteiger partial charge < -0.3 is 9.13 Å². The molecule has 10 aromatic carbocycles. The Morgan fingerprint density at radius 1 is 0.286 bits per heavy atom. The Kier molecular flexibility index (Phi) is 8.87. The van der Waals surface area contributed by atoms with Gasteiger partial charge in [0.05, 0.1) is 27.8 Å². The van der Waals surface area contributed by atoms with Crippen LogP contribution in [0.2, 0.25) is 0 Å². The van der Waals surface area contributed by atoms with Crippen molar-refractivity contribution in [3.05, 3.63) is 255 Å². The summed E-state index contributed by atoms with van der Waals surface area (Å²) in [5.74, 6) is 0. The minimum Gasteiger partial charge on any atom is -0.309 e. The quantitative estimate of drug-likeness (QED) is 0.107. The second-order valence-electron chi connectivity index (χ2n) is 16.4. The monoisotopic (exact) mass is 818 g/mol. The highest BCUT2D eigenvalue weighted by atomic mass is 28.3. The summed E-state index contributed by atoms with van der Waals surface area (Å²) in [6.07, 6.45) is 0. The second-order valence-corrected chi connectivity index (χ2v) is 20.2. The number of fused-ring (bicyclic) bond motifs is 6. The third kappa shape index (κ3) is 5.85. The number of aromatic nitrogens is 2. The molecule has 63 heavy (non-hydrogen) atoms. The molecule has 0 amide bonds. The molecule has 0 bridgehead atoms. The highest BCUT2D eigenvalue weighted by Crippen LogP contribution is 2.42. The molecule has 0 saturated heterocycles. The van der Waals surface area contributed by atoms with Crippen LogP contribution < -0.4 is 20.7 Å². The van der Waals surface area contributed by atoms with Crippen LogP contribution in [0.25, 0.3) is 77.2 Å². The zero-order valence-corrected chi connectivity index (χ0v) is 35.6. The molecule has 0 radical (unpaired) electrons. The Labute approximate surface area is 368 Å². The first kappa shape index (κ1) is 36.8. The maximum absolute atomic E-state index is 3.00. The van der Waals surface area contributed by atoms with Gasteiger partial charge in [-0.15, -0.1) is 0 Å². The Hall–Kier alpha value is -7.98. The molecule has 0 unspecified atom stereocenters. The summed E-state index contributed by atoms with van der Waals surface area (Å²) in [4.78, 5) is 0. The molecule has 0 saturated carbocycles. The average Bonchev–Trinajstić information content (AvgIpc) is 3.89. The fraction of sp³-hybridized carbons (Fsp3) is 0. The molecule has 2 heterocycles. The summed E-state index contributed by atoms with van der Waals surface area (Å²) in [6.45, 7) is 0. The van der Waals surface area contributed by atoms with E-state index in [4.69, 9.17) is 0 Å². The summed E-state index contributed by atoms with van der Waals surface area (Å²) in [6, 6.07) is 94.4. The van der Waals surface area contributed by atoms with Crippen LogP contribution in [0.5, 0.6) is 0 Å². The fourth-order valence-corrected chi connectivity index (χ4v) is 15.3. The lowest BCUT2D eigenvalue weighted by Gasteiger charge is -2.35. The van der Waals surface area contributed by atoms with Crippen molar-refractivity contribution >= 4 is 72.4 Å². The largest absolute Gasteiger partial charge is 0.309 e. The van der Waals surface area contributed by atoms with E-state index in [0.717, 1.165) is 11.4 Å². The molecule has 12 rings (SSSR count). The third-order valence-electron chi connectivity index (χ3n) is 13.0. The van der Waals surface area contributed by atoms with Crippen molar-refractivity contribution in [2.24, 2.45) is 0 Å². The molecule has 12 aromatic rings. The van der Waals surface area contributed by atoms with Gasteiger partial charge in [-0.3, -0.25) is 0 Å². The SMILES string of the molecule is c1ccc(-c2cccc(-n3c4ccccc4c4c(-n5c6ccccc6c6cccc([Si](c7ccccc7)(c7ccccc7)c7ccccc7)c65)cc(-c5ccccc5)cc43)c2)cc1. The lowest BCUT2D eigenvalue weighted by Crippen LogP contribution is -2.75. The van der Waals surface area contributed by atoms with Gasteiger partial charge in [0.1, 0.15) is 0 Å². The molecule has 0 aliphatic carbocycles. The number of benzene rings is 10. The standard InChI is InChI=1S/C60H42N2Si/c1-6-22-43(23-7-1)45-26-20-27-47(40-45)61-55-38-19-17-35-53(55)59-56(61)41-46(44-24-8-2-9-25-44)42-57(59)62-54-37-18-16-34-51(54)52-36-21-39-58(60(52)62)63(48-28-10-3-11-29-48,49-30-12-4-13-31-49)50-32-14-5-15-33-50/h1-42H. The Bertz CT molecular complexity index is 3500. The predicted molar refractivity (Wildman–Crippen MR) is 270 cm³/mol. The van der Waals surface area contributed by atoms with Gasteiger partial charge in [-0.2, -0.15) is 0 Å². The molecule has 2 aromatic heterocycles. The molecule has 0 aliphatic rings. The average molecular weight is 819 g/mol. The summed E-state index contributed by atoms with van der Waals surface area (Å²) in [5.41, 5.74) is 11.8. The zero-order chi connectivity index (χ0) is 41.7. The van der Waals surface area contributed by atoms with Crippen LogP contribution >= 0.6 is 0 Å². The maximum Gasteiger partial charge on any atom is 0.181 e. The molecule has 0 fully saturated rings. The topological polar surface area (TPSA) is 9.86 Å². The van der Waals surface area contributed by atoms with E-state index in [1.165, 1.54) is 86.6 Å². The molecule has 0 atom stereocenters. The maximum atomic E-state index is 2.63. The minimum atomic E-state index is -3.00. The number of hydrogen-bond acceptors (Lipinski definition) is 0.